The number of anilines is 1. The summed E-state index contributed by atoms with van der Waals surface area (Å²) in [5, 5.41) is 0.454. The van der Waals surface area contributed by atoms with E-state index in [1.807, 2.05) is 0 Å². The summed E-state index contributed by atoms with van der Waals surface area (Å²) in [4.78, 5) is 5.75. The molecule has 0 N–H and O–H groups in total. The molecule has 100 valence electrons. The fourth-order valence-electron chi connectivity index (χ4n) is 2.08. The Morgan fingerprint density at radius 3 is 2.78 bits per heavy atom. The third-order valence-corrected chi connectivity index (χ3v) is 3.76. The van der Waals surface area contributed by atoms with E-state index in [4.69, 9.17) is 11.6 Å². The standard InChI is InChI=1S/C11H11BrClF3N2/c12-9-4-8(13)5-17-10(9)18-3-1-2-7(6-18)11(14,15)16/h4-5,7H,1-3,6H2. The SMILES string of the molecule is FC(F)(F)C1CCCN(c2ncc(Cl)cc2Br)C1. The average molecular weight is 344 g/mol. The lowest BCUT2D eigenvalue weighted by molar-refractivity contribution is -0.176. The largest absolute Gasteiger partial charge is 0.393 e. The molecule has 0 saturated carbocycles. The van der Waals surface area contributed by atoms with E-state index in [0.717, 1.165) is 0 Å². The van der Waals surface area contributed by atoms with Crippen LogP contribution in [0.3, 0.4) is 0 Å². The molecule has 1 aromatic rings. The summed E-state index contributed by atoms with van der Waals surface area (Å²) in [7, 11) is 0. The molecule has 0 aromatic carbocycles. The molecule has 1 unspecified atom stereocenters. The Hall–Kier alpha value is -0.490. The molecule has 18 heavy (non-hydrogen) atoms. The number of nitrogens with zero attached hydrogens (tertiary/aromatic N) is 2. The number of halogens is 5. The van der Waals surface area contributed by atoms with E-state index in [2.05, 4.69) is 20.9 Å². The quantitative estimate of drug-likeness (QED) is 0.757. The molecule has 1 saturated heterocycles. The van der Waals surface area contributed by atoms with Gasteiger partial charge in [0.25, 0.3) is 0 Å². The van der Waals surface area contributed by atoms with Gasteiger partial charge in [0.15, 0.2) is 0 Å². The lowest BCUT2D eigenvalue weighted by atomic mass is 9.97. The molecule has 1 atom stereocenters. The van der Waals surface area contributed by atoms with Crippen LogP contribution in [0.2, 0.25) is 5.02 Å². The summed E-state index contributed by atoms with van der Waals surface area (Å²) >= 11 is 9.05. The minimum absolute atomic E-state index is 0.0449. The first-order valence-electron chi connectivity index (χ1n) is 5.50. The highest BCUT2D eigenvalue weighted by atomic mass is 79.9. The van der Waals surface area contributed by atoms with Crippen molar-refractivity contribution in [1.29, 1.82) is 0 Å². The topological polar surface area (TPSA) is 16.1 Å². The maximum atomic E-state index is 12.7. The van der Waals surface area contributed by atoms with Gasteiger partial charge in [-0.1, -0.05) is 11.6 Å². The van der Waals surface area contributed by atoms with Crippen LogP contribution in [0, 0.1) is 5.92 Å². The lowest BCUT2D eigenvalue weighted by Crippen LogP contribution is -2.42. The van der Waals surface area contributed by atoms with Crippen LogP contribution in [-0.2, 0) is 0 Å². The molecule has 2 rings (SSSR count). The second kappa shape index (κ2) is 5.25. The van der Waals surface area contributed by atoms with E-state index in [1.54, 1.807) is 11.0 Å². The van der Waals surface area contributed by atoms with Gasteiger partial charge in [-0.05, 0) is 34.8 Å². The average Bonchev–Trinajstić information content (AvgIpc) is 2.28. The molecule has 0 radical (unpaired) electrons. The predicted molar refractivity (Wildman–Crippen MR) is 67.9 cm³/mol. The number of aromatic nitrogens is 1. The number of alkyl halides is 3. The molecule has 7 heteroatoms. The fraction of sp³-hybridized carbons (Fsp3) is 0.545. The Kier molecular flexibility index (Phi) is 4.06. The first-order chi connectivity index (χ1) is 8.38. The van der Waals surface area contributed by atoms with Crippen LogP contribution in [0.5, 0.6) is 0 Å². The maximum absolute atomic E-state index is 12.7. The summed E-state index contributed by atoms with van der Waals surface area (Å²) < 4.78 is 38.8. The van der Waals surface area contributed by atoms with E-state index in [-0.39, 0.29) is 13.0 Å². The van der Waals surface area contributed by atoms with E-state index in [1.165, 1.54) is 6.20 Å². The van der Waals surface area contributed by atoms with Crippen molar-refractivity contribution in [3.63, 3.8) is 0 Å². The van der Waals surface area contributed by atoms with Gasteiger partial charge in [0.05, 0.1) is 15.4 Å². The molecule has 1 aromatic heterocycles. The molecule has 1 aliphatic rings. The first kappa shape index (κ1) is 13.9. The molecule has 2 heterocycles. The van der Waals surface area contributed by atoms with E-state index < -0.39 is 12.1 Å². The highest BCUT2D eigenvalue weighted by molar-refractivity contribution is 9.10. The van der Waals surface area contributed by atoms with Gasteiger partial charge in [-0.3, -0.25) is 0 Å². The summed E-state index contributed by atoms with van der Waals surface area (Å²) in [6.45, 7) is 0.538. The molecular weight excluding hydrogens is 332 g/mol. The van der Waals surface area contributed by atoms with Gasteiger partial charge >= 0.3 is 6.18 Å². The van der Waals surface area contributed by atoms with Crippen LogP contribution < -0.4 is 4.90 Å². The zero-order chi connectivity index (χ0) is 13.3. The third kappa shape index (κ3) is 3.09. The maximum Gasteiger partial charge on any atom is 0.393 e. The third-order valence-electron chi connectivity index (χ3n) is 2.97. The van der Waals surface area contributed by atoms with Crippen molar-refractivity contribution < 1.29 is 13.2 Å². The van der Waals surface area contributed by atoms with Crippen molar-refractivity contribution >= 4 is 33.3 Å². The van der Waals surface area contributed by atoms with Crippen molar-refractivity contribution in [2.75, 3.05) is 18.0 Å². The molecule has 0 aliphatic carbocycles. The van der Waals surface area contributed by atoms with Crippen molar-refractivity contribution in [2.24, 2.45) is 5.92 Å². The Morgan fingerprint density at radius 1 is 1.44 bits per heavy atom. The second-order valence-electron chi connectivity index (χ2n) is 4.29. The number of piperidine rings is 1. The van der Waals surface area contributed by atoms with Gasteiger partial charge in [-0.2, -0.15) is 13.2 Å². The van der Waals surface area contributed by atoms with Gasteiger partial charge in [0.2, 0.25) is 0 Å². The Morgan fingerprint density at radius 2 is 2.17 bits per heavy atom. The van der Waals surface area contributed by atoms with Crippen LogP contribution in [-0.4, -0.2) is 24.2 Å². The minimum atomic E-state index is -4.14. The Bertz CT molecular complexity index is 439. The van der Waals surface area contributed by atoms with E-state index >= 15 is 0 Å². The van der Waals surface area contributed by atoms with E-state index in [0.29, 0.717) is 28.3 Å². The summed E-state index contributed by atoms with van der Waals surface area (Å²) in [6.07, 6.45) is -2.00. The molecule has 0 amide bonds. The summed E-state index contributed by atoms with van der Waals surface area (Å²) in [6, 6.07) is 1.64. The lowest BCUT2D eigenvalue weighted by Gasteiger charge is -2.34. The van der Waals surface area contributed by atoms with Crippen molar-refractivity contribution in [1.82, 2.24) is 4.98 Å². The van der Waals surface area contributed by atoms with Gasteiger partial charge < -0.3 is 4.90 Å². The molecule has 2 nitrogen and oxygen atoms in total. The molecule has 0 spiro atoms. The molecule has 1 fully saturated rings. The smallest absolute Gasteiger partial charge is 0.355 e. The predicted octanol–water partition coefficient (Wildman–Crippen LogP) is 4.28. The van der Waals surface area contributed by atoms with Crippen molar-refractivity contribution in [3.05, 3.63) is 21.8 Å². The van der Waals surface area contributed by atoms with Crippen LogP contribution in [0.1, 0.15) is 12.8 Å². The van der Waals surface area contributed by atoms with Crippen LogP contribution in [0.15, 0.2) is 16.7 Å². The highest BCUT2D eigenvalue weighted by Gasteiger charge is 2.42. The number of rotatable bonds is 1. The second-order valence-corrected chi connectivity index (χ2v) is 5.58. The van der Waals surface area contributed by atoms with Crippen LogP contribution >= 0.6 is 27.5 Å². The summed E-state index contributed by atoms with van der Waals surface area (Å²) in [5.41, 5.74) is 0. The normalized spacial score (nSPS) is 21.2. The van der Waals surface area contributed by atoms with Crippen molar-refractivity contribution in [3.8, 4) is 0 Å². The van der Waals surface area contributed by atoms with Crippen LogP contribution in [0.25, 0.3) is 0 Å². The Balaban J connectivity index is 2.18. The van der Waals surface area contributed by atoms with Gasteiger partial charge in [-0.15, -0.1) is 0 Å². The van der Waals surface area contributed by atoms with Crippen molar-refractivity contribution in [2.45, 2.75) is 19.0 Å². The highest BCUT2D eigenvalue weighted by Crippen LogP contribution is 2.36. The zero-order valence-corrected chi connectivity index (χ0v) is 11.7. The first-order valence-corrected chi connectivity index (χ1v) is 6.67. The monoisotopic (exact) mass is 342 g/mol. The van der Waals surface area contributed by atoms with Gasteiger partial charge in [-0.25, -0.2) is 4.98 Å². The zero-order valence-electron chi connectivity index (χ0n) is 9.34. The molecule has 0 bridgehead atoms. The van der Waals surface area contributed by atoms with Gasteiger partial charge in [0, 0.05) is 19.3 Å². The molecule has 1 aliphatic heterocycles. The Labute approximate surface area is 116 Å². The minimum Gasteiger partial charge on any atom is -0.355 e. The van der Waals surface area contributed by atoms with Gasteiger partial charge in [0.1, 0.15) is 5.82 Å². The number of pyridine rings is 1. The van der Waals surface area contributed by atoms with E-state index in [9.17, 15) is 13.2 Å². The fourth-order valence-corrected chi connectivity index (χ4v) is 2.97. The van der Waals surface area contributed by atoms with Crippen LogP contribution in [0.4, 0.5) is 19.0 Å². The number of hydrogen-bond acceptors (Lipinski definition) is 2. The molecular formula is C11H11BrClF3N2. The summed E-state index contributed by atoms with van der Waals surface area (Å²) in [5.74, 6) is -0.760. The number of hydrogen-bond donors (Lipinski definition) is 0.